The summed E-state index contributed by atoms with van der Waals surface area (Å²) in [5, 5.41) is 14.6. The number of benzene rings is 1. The number of hydrogen-bond acceptors (Lipinski definition) is 5. The van der Waals surface area contributed by atoms with Gasteiger partial charge in [-0.15, -0.1) is 0 Å². The molecular formula is C17H21N3O4. The number of nitrogens with one attached hydrogen (secondary N) is 2. The van der Waals surface area contributed by atoms with Gasteiger partial charge < -0.3 is 15.7 Å². The Kier molecular flexibility index (Phi) is 5.70. The van der Waals surface area contributed by atoms with Gasteiger partial charge in [-0.1, -0.05) is 19.1 Å². The van der Waals surface area contributed by atoms with Crippen LogP contribution in [0.4, 0.5) is 5.69 Å². The molecular weight excluding hydrogens is 310 g/mol. The molecule has 1 aromatic rings. The highest BCUT2D eigenvalue weighted by Gasteiger charge is 2.31. The molecule has 7 nitrogen and oxygen atoms in total. The summed E-state index contributed by atoms with van der Waals surface area (Å²) in [6, 6.07) is 6.80. The third-order valence-corrected chi connectivity index (χ3v) is 3.76. The Bertz CT molecular complexity index is 684. The largest absolute Gasteiger partial charge is 0.395 e. The smallest absolute Gasteiger partial charge is 0.277 e. The van der Waals surface area contributed by atoms with Crippen LogP contribution in [-0.2, 0) is 9.59 Å². The zero-order valence-electron chi connectivity index (χ0n) is 13.7. The number of para-hydroxylation sites is 1. The van der Waals surface area contributed by atoms with Crippen LogP contribution in [-0.4, -0.2) is 46.9 Å². The van der Waals surface area contributed by atoms with E-state index >= 15 is 0 Å². The van der Waals surface area contributed by atoms with Gasteiger partial charge >= 0.3 is 0 Å². The molecule has 7 heteroatoms. The molecule has 1 aromatic carbocycles. The van der Waals surface area contributed by atoms with Gasteiger partial charge in [0, 0.05) is 12.1 Å². The van der Waals surface area contributed by atoms with E-state index < -0.39 is 11.8 Å². The van der Waals surface area contributed by atoms with E-state index in [0.29, 0.717) is 11.3 Å². The molecule has 1 aliphatic rings. The van der Waals surface area contributed by atoms with Crippen LogP contribution in [0.15, 0.2) is 36.0 Å². The molecule has 1 heterocycles. The van der Waals surface area contributed by atoms with Crippen molar-refractivity contribution in [3.05, 3.63) is 41.6 Å². The number of β-amino-alcohol motifs (C(OH)–C–C–N with tert-alkyl or cyclic N) is 1. The van der Waals surface area contributed by atoms with Crippen LogP contribution in [0.5, 0.6) is 0 Å². The highest BCUT2D eigenvalue weighted by Crippen LogP contribution is 2.21. The van der Waals surface area contributed by atoms with Crippen molar-refractivity contribution in [2.75, 3.05) is 18.5 Å². The molecule has 0 radical (unpaired) electrons. The fourth-order valence-electron chi connectivity index (χ4n) is 2.25. The summed E-state index contributed by atoms with van der Waals surface area (Å²) in [6.45, 7) is 3.52. The molecule has 0 saturated heterocycles. The highest BCUT2D eigenvalue weighted by molar-refractivity contribution is 6.17. The Morgan fingerprint density at radius 2 is 2.00 bits per heavy atom. The summed E-state index contributed by atoms with van der Waals surface area (Å²) < 4.78 is 0. The monoisotopic (exact) mass is 331 g/mol. The molecule has 0 bridgehead atoms. The Hall–Kier alpha value is -2.67. The summed E-state index contributed by atoms with van der Waals surface area (Å²) in [7, 11) is 0. The molecule has 3 amide bonds. The predicted molar refractivity (Wildman–Crippen MR) is 89.2 cm³/mol. The maximum atomic E-state index is 12.4. The number of rotatable bonds is 7. The molecule has 0 aliphatic carbocycles. The van der Waals surface area contributed by atoms with E-state index in [1.165, 1.54) is 6.08 Å². The van der Waals surface area contributed by atoms with E-state index in [0.717, 1.165) is 11.3 Å². The van der Waals surface area contributed by atoms with Gasteiger partial charge in [-0.3, -0.25) is 19.3 Å². The molecule has 0 fully saturated rings. The maximum absolute atomic E-state index is 12.4. The van der Waals surface area contributed by atoms with Gasteiger partial charge in [0.1, 0.15) is 5.70 Å². The Labute approximate surface area is 140 Å². The van der Waals surface area contributed by atoms with Crippen LogP contribution in [0.2, 0.25) is 0 Å². The SMILES string of the molecule is CCC(C)NC(=O)c1ccccc1NC1=CC(=O)N(CCO)C1=O. The standard InChI is InChI=1S/C17H21N3O4/c1-3-11(2)18-16(23)12-6-4-5-7-13(12)19-14-10-15(22)20(8-9-21)17(14)24/h4-7,10-11,19,21H,3,8-9H2,1-2H3,(H,18,23). The number of nitrogens with zero attached hydrogens (tertiary/aromatic N) is 1. The minimum absolute atomic E-state index is 0.0273. The van der Waals surface area contributed by atoms with Crippen LogP contribution in [0.25, 0.3) is 0 Å². The number of hydrogen-bond donors (Lipinski definition) is 3. The lowest BCUT2D eigenvalue weighted by Crippen LogP contribution is -2.35. The van der Waals surface area contributed by atoms with Gasteiger partial charge in [0.25, 0.3) is 17.7 Å². The lowest BCUT2D eigenvalue weighted by Gasteiger charge is -2.16. The average Bonchev–Trinajstić information content (AvgIpc) is 2.83. The number of anilines is 1. The minimum Gasteiger partial charge on any atom is -0.395 e. The van der Waals surface area contributed by atoms with Crippen molar-refractivity contribution in [2.45, 2.75) is 26.3 Å². The second kappa shape index (κ2) is 7.74. The van der Waals surface area contributed by atoms with Gasteiger partial charge in [0.05, 0.1) is 24.4 Å². The van der Waals surface area contributed by atoms with Crippen LogP contribution in [0.3, 0.4) is 0 Å². The van der Waals surface area contributed by atoms with Crippen molar-refractivity contribution in [3.63, 3.8) is 0 Å². The fourth-order valence-corrected chi connectivity index (χ4v) is 2.25. The normalized spacial score (nSPS) is 15.3. The van der Waals surface area contributed by atoms with E-state index in [1.807, 2.05) is 13.8 Å². The lowest BCUT2D eigenvalue weighted by atomic mass is 10.1. The van der Waals surface area contributed by atoms with Crippen molar-refractivity contribution < 1.29 is 19.5 Å². The first-order chi connectivity index (χ1) is 11.5. The number of carbonyl (C=O) groups excluding carboxylic acids is 3. The number of aliphatic hydroxyl groups excluding tert-OH is 1. The first-order valence-corrected chi connectivity index (χ1v) is 7.83. The fraction of sp³-hybridized carbons (Fsp3) is 0.353. The summed E-state index contributed by atoms with van der Waals surface area (Å²) in [5.74, 6) is -1.26. The van der Waals surface area contributed by atoms with Gasteiger partial charge in [0.15, 0.2) is 0 Å². The number of amides is 3. The first kappa shape index (κ1) is 17.7. The molecule has 1 aliphatic heterocycles. The molecule has 3 N–H and O–H groups in total. The van der Waals surface area contributed by atoms with E-state index in [4.69, 9.17) is 5.11 Å². The maximum Gasteiger partial charge on any atom is 0.277 e. The second-order valence-corrected chi connectivity index (χ2v) is 5.53. The average molecular weight is 331 g/mol. The van der Waals surface area contributed by atoms with E-state index in [1.54, 1.807) is 24.3 Å². The first-order valence-electron chi connectivity index (χ1n) is 7.83. The molecule has 0 spiro atoms. The van der Waals surface area contributed by atoms with E-state index in [9.17, 15) is 14.4 Å². The van der Waals surface area contributed by atoms with Crippen LogP contribution < -0.4 is 10.6 Å². The molecule has 1 unspecified atom stereocenters. The number of aliphatic hydroxyl groups is 1. The molecule has 0 saturated carbocycles. The molecule has 2 rings (SSSR count). The molecule has 128 valence electrons. The number of carbonyl (C=O) groups is 3. The van der Waals surface area contributed by atoms with E-state index in [2.05, 4.69) is 10.6 Å². The van der Waals surface area contributed by atoms with Gasteiger partial charge in [0.2, 0.25) is 0 Å². The molecule has 1 atom stereocenters. The van der Waals surface area contributed by atoms with Crippen molar-refractivity contribution >= 4 is 23.4 Å². The molecule has 0 aromatic heterocycles. The highest BCUT2D eigenvalue weighted by atomic mass is 16.3. The zero-order chi connectivity index (χ0) is 17.7. The van der Waals surface area contributed by atoms with Gasteiger partial charge in [-0.25, -0.2) is 0 Å². The van der Waals surface area contributed by atoms with Crippen LogP contribution in [0, 0.1) is 0 Å². The predicted octanol–water partition coefficient (Wildman–Crippen LogP) is 0.872. The number of imide groups is 1. The molecule has 24 heavy (non-hydrogen) atoms. The van der Waals surface area contributed by atoms with Crippen molar-refractivity contribution in [1.29, 1.82) is 0 Å². The summed E-state index contributed by atoms with van der Waals surface area (Å²) in [6.07, 6.45) is 1.97. The quantitative estimate of drug-likeness (QED) is 0.644. The van der Waals surface area contributed by atoms with Crippen molar-refractivity contribution in [3.8, 4) is 0 Å². The Morgan fingerprint density at radius 1 is 1.29 bits per heavy atom. The van der Waals surface area contributed by atoms with Crippen molar-refractivity contribution in [2.24, 2.45) is 0 Å². The van der Waals surface area contributed by atoms with Crippen LogP contribution >= 0.6 is 0 Å². The van der Waals surface area contributed by atoms with Gasteiger partial charge in [-0.05, 0) is 25.5 Å². The Morgan fingerprint density at radius 3 is 2.67 bits per heavy atom. The Balaban J connectivity index is 2.19. The zero-order valence-corrected chi connectivity index (χ0v) is 13.7. The lowest BCUT2D eigenvalue weighted by molar-refractivity contribution is -0.137. The summed E-state index contributed by atoms with van der Waals surface area (Å²) >= 11 is 0. The van der Waals surface area contributed by atoms with Gasteiger partial charge in [-0.2, -0.15) is 0 Å². The summed E-state index contributed by atoms with van der Waals surface area (Å²) in [5.41, 5.74) is 0.911. The third kappa shape index (κ3) is 3.80. The summed E-state index contributed by atoms with van der Waals surface area (Å²) in [4.78, 5) is 37.3. The van der Waals surface area contributed by atoms with Crippen molar-refractivity contribution in [1.82, 2.24) is 10.2 Å². The van der Waals surface area contributed by atoms with Crippen LogP contribution in [0.1, 0.15) is 30.6 Å². The third-order valence-electron chi connectivity index (χ3n) is 3.76. The topological polar surface area (TPSA) is 98.7 Å². The second-order valence-electron chi connectivity index (χ2n) is 5.53. The van der Waals surface area contributed by atoms with E-state index in [-0.39, 0.29) is 30.8 Å². The minimum atomic E-state index is -0.522.